The molecule has 0 saturated heterocycles. The number of carbonyl (C=O) groups excluding carboxylic acids is 3. The lowest BCUT2D eigenvalue weighted by Gasteiger charge is -2.25. The van der Waals surface area contributed by atoms with Gasteiger partial charge in [0.15, 0.2) is 0 Å². The quantitative estimate of drug-likeness (QED) is 0.109. The van der Waals surface area contributed by atoms with Gasteiger partial charge >= 0.3 is 11.9 Å². The summed E-state index contributed by atoms with van der Waals surface area (Å²) in [4.78, 5) is 69.2. The normalized spacial score (nSPS) is 13.6. The highest BCUT2D eigenvalue weighted by Gasteiger charge is 2.31. The molecule has 0 aliphatic carbocycles. The number of rotatable bonds is 16. The standard InChI is InChI=1S/C29H34N6O8/c30-21(12-17-4-2-1-3-5-17)26(39)34-23(13-18-6-8-20(36)9-7-18)27(40)35-24(14-19-15-31-16-32-19)28(41)33-22(29(42)43)10-11-25(37)38/h1-9,15-16,21-24,36H,10-14,30H2,(H,31,32)(H,33,41)(H,34,39)(H,35,40)(H,37,38)(H,42,43). The van der Waals surface area contributed by atoms with Crippen molar-refractivity contribution in [3.63, 3.8) is 0 Å². The second kappa shape index (κ2) is 15.7. The third-order valence-corrected chi connectivity index (χ3v) is 6.52. The maximum atomic E-state index is 13.6. The maximum Gasteiger partial charge on any atom is 0.326 e. The highest BCUT2D eigenvalue weighted by Crippen LogP contribution is 2.13. The molecule has 0 aliphatic heterocycles. The zero-order valence-corrected chi connectivity index (χ0v) is 23.1. The first-order valence-corrected chi connectivity index (χ1v) is 13.4. The van der Waals surface area contributed by atoms with Gasteiger partial charge in [-0.1, -0.05) is 42.5 Å². The van der Waals surface area contributed by atoms with Crippen molar-refractivity contribution < 1.29 is 39.3 Å². The number of carbonyl (C=O) groups is 5. The van der Waals surface area contributed by atoms with Crippen LogP contribution in [-0.2, 0) is 43.2 Å². The molecular weight excluding hydrogens is 560 g/mol. The molecule has 2 aromatic carbocycles. The number of hydrogen-bond donors (Lipinski definition) is 8. The van der Waals surface area contributed by atoms with E-state index in [0.29, 0.717) is 11.3 Å². The third-order valence-electron chi connectivity index (χ3n) is 6.52. The summed E-state index contributed by atoms with van der Waals surface area (Å²) in [6.45, 7) is 0. The lowest BCUT2D eigenvalue weighted by Crippen LogP contribution is -2.58. The molecule has 3 aromatic rings. The zero-order valence-electron chi connectivity index (χ0n) is 23.1. The van der Waals surface area contributed by atoms with Gasteiger partial charge in [-0.05, 0) is 36.1 Å². The number of aromatic amines is 1. The number of aromatic hydroxyl groups is 1. The molecule has 1 heterocycles. The van der Waals surface area contributed by atoms with Crippen molar-refractivity contribution in [2.75, 3.05) is 0 Å². The van der Waals surface area contributed by atoms with Gasteiger partial charge < -0.3 is 42.0 Å². The van der Waals surface area contributed by atoms with Crippen molar-refractivity contribution in [1.82, 2.24) is 25.9 Å². The molecule has 3 rings (SSSR count). The predicted molar refractivity (Wildman–Crippen MR) is 153 cm³/mol. The van der Waals surface area contributed by atoms with Crippen LogP contribution in [0.3, 0.4) is 0 Å². The van der Waals surface area contributed by atoms with Gasteiger partial charge in [-0.25, -0.2) is 9.78 Å². The molecule has 3 amide bonds. The largest absolute Gasteiger partial charge is 0.508 e. The number of aliphatic carboxylic acids is 2. The number of phenols is 1. The number of hydrogen-bond acceptors (Lipinski definition) is 8. The molecule has 0 radical (unpaired) electrons. The van der Waals surface area contributed by atoms with E-state index in [1.54, 1.807) is 12.1 Å². The molecule has 0 fully saturated rings. The summed E-state index contributed by atoms with van der Waals surface area (Å²) in [5.41, 5.74) is 7.98. The molecule has 4 atom stereocenters. The van der Waals surface area contributed by atoms with Crippen molar-refractivity contribution in [2.24, 2.45) is 5.73 Å². The third kappa shape index (κ3) is 10.6. The lowest BCUT2D eigenvalue weighted by atomic mass is 10.0. The molecule has 0 bridgehead atoms. The SMILES string of the molecule is NC(Cc1ccccc1)C(=O)NC(Cc1ccc(O)cc1)C(=O)NC(Cc1cnc[nH]1)C(=O)NC(CCC(=O)O)C(=O)O. The number of carboxylic acid groups (broad SMARTS) is 2. The van der Waals surface area contributed by atoms with Crippen molar-refractivity contribution in [2.45, 2.75) is 56.3 Å². The van der Waals surface area contributed by atoms with E-state index < -0.39 is 60.2 Å². The Labute approximate surface area is 246 Å². The van der Waals surface area contributed by atoms with Gasteiger partial charge in [0.1, 0.15) is 23.9 Å². The van der Waals surface area contributed by atoms with Crippen LogP contribution in [0.25, 0.3) is 0 Å². The number of H-pyrrole nitrogens is 1. The zero-order chi connectivity index (χ0) is 31.4. The summed E-state index contributed by atoms with van der Waals surface area (Å²) in [7, 11) is 0. The van der Waals surface area contributed by atoms with Gasteiger partial charge in [-0.15, -0.1) is 0 Å². The molecule has 14 heteroatoms. The number of aromatic nitrogens is 2. The van der Waals surface area contributed by atoms with E-state index in [4.69, 9.17) is 10.8 Å². The van der Waals surface area contributed by atoms with E-state index in [1.165, 1.54) is 24.7 Å². The van der Waals surface area contributed by atoms with Gasteiger partial charge in [0.25, 0.3) is 0 Å². The minimum Gasteiger partial charge on any atom is -0.508 e. The Morgan fingerprint density at radius 2 is 1.35 bits per heavy atom. The fraction of sp³-hybridized carbons (Fsp3) is 0.310. The predicted octanol–water partition coefficient (Wildman–Crippen LogP) is -0.126. The molecule has 0 spiro atoms. The summed E-state index contributed by atoms with van der Waals surface area (Å²) in [6.07, 6.45) is 1.97. The Morgan fingerprint density at radius 3 is 1.93 bits per heavy atom. The topological polar surface area (TPSA) is 237 Å². The molecule has 43 heavy (non-hydrogen) atoms. The van der Waals surface area contributed by atoms with Crippen LogP contribution in [0.15, 0.2) is 67.1 Å². The molecule has 0 saturated carbocycles. The number of amides is 3. The number of carboxylic acids is 2. The highest BCUT2D eigenvalue weighted by atomic mass is 16.4. The smallest absolute Gasteiger partial charge is 0.326 e. The molecular formula is C29H34N6O8. The number of benzene rings is 2. The number of nitrogens with two attached hydrogens (primary N) is 1. The van der Waals surface area contributed by atoms with Crippen molar-refractivity contribution >= 4 is 29.7 Å². The second-order valence-corrected chi connectivity index (χ2v) is 9.90. The van der Waals surface area contributed by atoms with Crippen LogP contribution < -0.4 is 21.7 Å². The highest BCUT2D eigenvalue weighted by molar-refractivity contribution is 5.94. The van der Waals surface area contributed by atoms with Crippen molar-refractivity contribution in [3.05, 3.63) is 83.9 Å². The van der Waals surface area contributed by atoms with Crippen molar-refractivity contribution in [1.29, 1.82) is 0 Å². The van der Waals surface area contributed by atoms with E-state index in [2.05, 4.69) is 25.9 Å². The van der Waals surface area contributed by atoms with E-state index in [9.17, 15) is 34.2 Å². The number of nitrogens with zero attached hydrogens (tertiary/aromatic N) is 1. The monoisotopic (exact) mass is 594 g/mol. The van der Waals surface area contributed by atoms with Gasteiger partial charge in [0, 0.05) is 31.2 Å². The lowest BCUT2D eigenvalue weighted by molar-refractivity contribution is -0.143. The number of nitrogens with one attached hydrogen (secondary N) is 4. The van der Waals surface area contributed by atoms with Gasteiger partial charge in [-0.3, -0.25) is 19.2 Å². The maximum absolute atomic E-state index is 13.6. The Hall–Kier alpha value is -5.24. The average Bonchev–Trinajstić information content (AvgIpc) is 3.49. The molecule has 0 aliphatic rings. The minimum absolute atomic E-state index is 0.00541. The van der Waals surface area contributed by atoms with E-state index >= 15 is 0 Å². The van der Waals surface area contributed by atoms with Crippen molar-refractivity contribution in [3.8, 4) is 5.75 Å². The van der Waals surface area contributed by atoms with Crippen LogP contribution in [0.1, 0.15) is 29.7 Å². The fourth-order valence-electron chi connectivity index (χ4n) is 4.21. The number of imidazole rings is 1. The first kappa shape index (κ1) is 32.3. The van der Waals surface area contributed by atoms with Crippen LogP contribution in [0.2, 0.25) is 0 Å². The molecule has 1 aromatic heterocycles. The Balaban J connectivity index is 1.81. The van der Waals surface area contributed by atoms with Gasteiger partial charge in [0.05, 0.1) is 12.4 Å². The Morgan fingerprint density at radius 1 is 0.767 bits per heavy atom. The molecule has 228 valence electrons. The Bertz CT molecular complexity index is 1380. The van der Waals surface area contributed by atoms with Crippen LogP contribution in [0.5, 0.6) is 5.75 Å². The summed E-state index contributed by atoms with van der Waals surface area (Å²) in [5.74, 6) is -4.92. The van der Waals surface area contributed by atoms with E-state index in [-0.39, 0.29) is 31.4 Å². The van der Waals surface area contributed by atoms with E-state index in [1.807, 2.05) is 30.3 Å². The summed E-state index contributed by atoms with van der Waals surface area (Å²) in [5, 5.41) is 35.6. The summed E-state index contributed by atoms with van der Waals surface area (Å²) in [6, 6.07) is 10.0. The Kier molecular flexibility index (Phi) is 11.8. The minimum atomic E-state index is -1.52. The van der Waals surface area contributed by atoms with Crippen LogP contribution >= 0.6 is 0 Å². The average molecular weight is 595 g/mol. The number of phenolic OH excluding ortho intramolecular Hbond substituents is 1. The van der Waals surface area contributed by atoms with E-state index in [0.717, 1.165) is 5.56 Å². The fourth-order valence-corrected chi connectivity index (χ4v) is 4.21. The first-order chi connectivity index (χ1) is 20.5. The van der Waals surface area contributed by atoms with Crippen LogP contribution in [0.4, 0.5) is 0 Å². The molecule has 4 unspecified atom stereocenters. The first-order valence-electron chi connectivity index (χ1n) is 13.4. The van der Waals surface area contributed by atoms with Crippen LogP contribution in [-0.4, -0.2) is 79.1 Å². The van der Waals surface area contributed by atoms with Gasteiger partial charge in [-0.2, -0.15) is 0 Å². The van der Waals surface area contributed by atoms with Crippen LogP contribution in [0, 0.1) is 0 Å². The second-order valence-electron chi connectivity index (χ2n) is 9.90. The summed E-state index contributed by atoms with van der Waals surface area (Å²) < 4.78 is 0. The summed E-state index contributed by atoms with van der Waals surface area (Å²) >= 11 is 0. The molecule has 14 nitrogen and oxygen atoms in total. The van der Waals surface area contributed by atoms with Gasteiger partial charge in [0.2, 0.25) is 17.7 Å². The molecule has 9 N–H and O–H groups in total.